The molecule has 0 fully saturated rings. The van der Waals surface area contributed by atoms with Crippen molar-refractivity contribution >= 4 is 10.8 Å². The van der Waals surface area contributed by atoms with Gasteiger partial charge in [0, 0.05) is 22.1 Å². The van der Waals surface area contributed by atoms with Gasteiger partial charge in [-0.3, -0.25) is 0 Å². The highest BCUT2D eigenvalue weighted by Crippen LogP contribution is 2.22. The molecule has 0 aliphatic carbocycles. The number of halogens is 3. The lowest BCUT2D eigenvalue weighted by molar-refractivity contribution is 0.508. The van der Waals surface area contributed by atoms with Crippen molar-refractivity contribution in [3.8, 4) is 23.7 Å². The van der Waals surface area contributed by atoms with E-state index < -0.39 is 17.5 Å². The quantitative estimate of drug-likeness (QED) is 0.309. The Kier molecular flexibility index (Phi) is 5.78. The summed E-state index contributed by atoms with van der Waals surface area (Å²) in [6.45, 7) is 2.11. The average Bonchev–Trinajstić information content (AvgIpc) is 2.80. The first kappa shape index (κ1) is 20.3. The Morgan fingerprint density at radius 1 is 0.613 bits per heavy atom. The van der Waals surface area contributed by atoms with Gasteiger partial charge in [0.25, 0.3) is 0 Å². The zero-order chi connectivity index (χ0) is 21.8. The summed E-state index contributed by atoms with van der Waals surface area (Å²) in [5.41, 5.74) is 3.43. The van der Waals surface area contributed by atoms with E-state index in [-0.39, 0.29) is 11.1 Å². The van der Waals surface area contributed by atoms with Crippen molar-refractivity contribution in [2.75, 3.05) is 0 Å². The molecule has 0 saturated heterocycles. The number of rotatable bonds is 1. The zero-order valence-electron chi connectivity index (χ0n) is 16.8. The number of aryl methyl sites for hydroxylation is 1. The normalized spacial score (nSPS) is 10.2. The molecule has 0 nitrogen and oxygen atoms in total. The first-order chi connectivity index (χ1) is 15.0. The Hall–Kier alpha value is -3.95. The minimum atomic E-state index is -0.985. The summed E-state index contributed by atoms with van der Waals surface area (Å²) in [4.78, 5) is 0. The molecule has 0 radical (unpaired) electrons. The van der Waals surface area contributed by atoms with Crippen LogP contribution in [-0.4, -0.2) is 0 Å². The third kappa shape index (κ3) is 4.63. The van der Waals surface area contributed by atoms with E-state index in [1.54, 1.807) is 24.3 Å². The van der Waals surface area contributed by atoms with Crippen LogP contribution < -0.4 is 0 Å². The van der Waals surface area contributed by atoms with E-state index in [0.717, 1.165) is 29.7 Å². The SMILES string of the molecule is CCc1ccc(C#Cc2ccc3c(F)c(C#Cc4ccc(F)c(F)c4)ccc3c2)cc1. The van der Waals surface area contributed by atoms with Gasteiger partial charge < -0.3 is 0 Å². The standard InChI is InChI=1S/C28H17F3/c1-2-19-3-5-20(6-4-19)7-8-21-10-15-25-24(17-21)14-13-23(28(25)31)12-9-22-11-16-26(29)27(30)18-22/h3-6,10-11,13-18H,2H2,1H3. The second kappa shape index (κ2) is 8.82. The van der Waals surface area contributed by atoms with Crippen LogP contribution in [0.3, 0.4) is 0 Å². The fraction of sp³-hybridized carbons (Fsp3) is 0.0714. The van der Waals surface area contributed by atoms with Gasteiger partial charge in [0.05, 0.1) is 5.56 Å². The van der Waals surface area contributed by atoms with Gasteiger partial charge in [-0.15, -0.1) is 0 Å². The van der Waals surface area contributed by atoms with Gasteiger partial charge in [0.1, 0.15) is 5.82 Å². The highest BCUT2D eigenvalue weighted by Gasteiger charge is 2.06. The van der Waals surface area contributed by atoms with Gasteiger partial charge >= 0.3 is 0 Å². The monoisotopic (exact) mass is 410 g/mol. The molecule has 150 valence electrons. The van der Waals surface area contributed by atoms with Crippen LogP contribution in [0.4, 0.5) is 13.2 Å². The molecule has 0 spiro atoms. The summed E-state index contributed by atoms with van der Waals surface area (Å²) >= 11 is 0. The van der Waals surface area contributed by atoms with E-state index in [1.807, 2.05) is 18.2 Å². The van der Waals surface area contributed by atoms with Crippen molar-refractivity contribution < 1.29 is 13.2 Å². The molecule has 0 amide bonds. The summed E-state index contributed by atoms with van der Waals surface area (Å²) in [6, 6.07) is 20.1. The maximum Gasteiger partial charge on any atom is 0.160 e. The van der Waals surface area contributed by atoms with Crippen LogP contribution in [0.15, 0.2) is 72.8 Å². The van der Waals surface area contributed by atoms with Gasteiger partial charge in [-0.1, -0.05) is 54.9 Å². The second-order valence-corrected chi connectivity index (χ2v) is 7.04. The molecular formula is C28H17F3. The first-order valence-corrected chi connectivity index (χ1v) is 9.84. The van der Waals surface area contributed by atoms with Crippen LogP contribution in [0.25, 0.3) is 10.8 Å². The Bertz CT molecular complexity index is 1390. The summed E-state index contributed by atoms with van der Waals surface area (Å²) < 4.78 is 41.2. The van der Waals surface area contributed by atoms with Gasteiger partial charge in [-0.05, 0) is 65.9 Å². The number of benzene rings is 4. The molecule has 3 heteroatoms. The maximum absolute atomic E-state index is 14.9. The van der Waals surface area contributed by atoms with E-state index in [2.05, 4.69) is 42.7 Å². The lowest BCUT2D eigenvalue weighted by Crippen LogP contribution is -1.88. The minimum Gasteiger partial charge on any atom is -0.205 e. The molecule has 31 heavy (non-hydrogen) atoms. The van der Waals surface area contributed by atoms with Crippen LogP contribution in [-0.2, 0) is 6.42 Å². The number of hydrogen-bond donors (Lipinski definition) is 0. The summed E-state index contributed by atoms with van der Waals surface area (Å²) in [5.74, 6) is 9.22. The zero-order valence-corrected chi connectivity index (χ0v) is 16.8. The molecule has 0 heterocycles. The Morgan fingerprint density at radius 2 is 1.26 bits per heavy atom. The molecule has 4 aromatic rings. The second-order valence-electron chi connectivity index (χ2n) is 7.04. The van der Waals surface area contributed by atoms with Crippen molar-refractivity contribution in [3.63, 3.8) is 0 Å². The van der Waals surface area contributed by atoms with Crippen LogP contribution in [0.2, 0.25) is 0 Å². The maximum atomic E-state index is 14.9. The molecule has 4 rings (SSSR count). The van der Waals surface area contributed by atoms with Gasteiger partial charge in [-0.2, -0.15) is 0 Å². The molecule has 0 atom stereocenters. The molecule has 0 saturated carbocycles. The van der Waals surface area contributed by atoms with Crippen molar-refractivity contribution in [2.24, 2.45) is 0 Å². The summed E-state index contributed by atoms with van der Waals surface area (Å²) in [5, 5.41) is 1.14. The van der Waals surface area contributed by atoms with Crippen molar-refractivity contribution in [1.82, 2.24) is 0 Å². The fourth-order valence-corrected chi connectivity index (χ4v) is 3.15. The molecular weight excluding hydrogens is 393 g/mol. The van der Waals surface area contributed by atoms with E-state index in [0.29, 0.717) is 10.8 Å². The highest BCUT2D eigenvalue weighted by atomic mass is 19.2. The van der Waals surface area contributed by atoms with Crippen LogP contribution >= 0.6 is 0 Å². The van der Waals surface area contributed by atoms with Crippen molar-refractivity contribution in [3.05, 3.63) is 118 Å². The summed E-state index contributed by atoms with van der Waals surface area (Å²) in [7, 11) is 0. The smallest absolute Gasteiger partial charge is 0.160 e. The van der Waals surface area contributed by atoms with Crippen LogP contribution in [0.5, 0.6) is 0 Å². The number of fused-ring (bicyclic) bond motifs is 1. The Balaban J connectivity index is 1.62. The van der Waals surface area contributed by atoms with E-state index >= 15 is 0 Å². The topological polar surface area (TPSA) is 0 Å². The molecule has 0 aliphatic heterocycles. The third-order valence-corrected chi connectivity index (χ3v) is 4.93. The molecule has 0 aliphatic rings. The lowest BCUT2D eigenvalue weighted by atomic mass is 10.0. The Morgan fingerprint density at radius 3 is 2.00 bits per heavy atom. The van der Waals surface area contributed by atoms with Gasteiger partial charge in [0.15, 0.2) is 11.6 Å². The summed E-state index contributed by atoms with van der Waals surface area (Å²) in [6.07, 6.45) is 0.983. The highest BCUT2D eigenvalue weighted by molar-refractivity contribution is 5.86. The van der Waals surface area contributed by atoms with E-state index in [9.17, 15) is 13.2 Å². The number of hydrogen-bond acceptors (Lipinski definition) is 0. The van der Waals surface area contributed by atoms with E-state index in [1.165, 1.54) is 11.6 Å². The predicted octanol–water partition coefficient (Wildman–Crippen LogP) is 6.62. The first-order valence-electron chi connectivity index (χ1n) is 9.84. The van der Waals surface area contributed by atoms with Crippen LogP contribution in [0.1, 0.15) is 34.7 Å². The van der Waals surface area contributed by atoms with Gasteiger partial charge in [-0.25, -0.2) is 13.2 Å². The third-order valence-electron chi connectivity index (χ3n) is 4.93. The lowest BCUT2D eigenvalue weighted by Gasteiger charge is -2.03. The largest absolute Gasteiger partial charge is 0.205 e. The molecule has 0 aromatic heterocycles. The fourth-order valence-electron chi connectivity index (χ4n) is 3.15. The molecule has 0 bridgehead atoms. The molecule has 4 aromatic carbocycles. The van der Waals surface area contributed by atoms with Gasteiger partial charge in [0.2, 0.25) is 0 Å². The minimum absolute atomic E-state index is 0.187. The van der Waals surface area contributed by atoms with Crippen molar-refractivity contribution in [2.45, 2.75) is 13.3 Å². The average molecular weight is 410 g/mol. The van der Waals surface area contributed by atoms with Crippen LogP contribution in [0, 0.1) is 41.1 Å². The molecule has 0 N–H and O–H groups in total. The van der Waals surface area contributed by atoms with Crippen molar-refractivity contribution in [1.29, 1.82) is 0 Å². The Labute approximate surface area is 179 Å². The van der Waals surface area contributed by atoms with E-state index in [4.69, 9.17) is 0 Å². The predicted molar refractivity (Wildman–Crippen MR) is 118 cm³/mol. The molecule has 0 unspecified atom stereocenters.